The van der Waals surface area contributed by atoms with Crippen molar-refractivity contribution in [3.05, 3.63) is 78.2 Å². The summed E-state index contributed by atoms with van der Waals surface area (Å²) in [5.74, 6) is 0.750. The van der Waals surface area contributed by atoms with Gasteiger partial charge in [-0.15, -0.1) is 0 Å². The molecule has 2 heterocycles. The molecule has 0 fully saturated rings. The van der Waals surface area contributed by atoms with E-state index in [1.165, 1.54) is 18.5 Å². The summed E-state index contributed by atoms with van der Waals surface area (Å²) in [5.41, 5.74) is 1.64. The topological polar surface area (TPSA) is 68.1 Å². The molecular weight excluding hydrogens is 383 g/mol. The lowest BCUT2D eigenvalue weighted by Crippen LogP contribution is -2.04. The van der Waals surface area contributed by atoms with Crippen LogP contribution in [-0.4, -0.2) is 20.1 Å². The van der Waals surface area contributed by atoms with Crippen LogP contribution in [0, 0.1) is 0 Å². The molecule has 146 valence electrons. The Bertz CT molecular complexity index is 1160. The molecule has 5 nitrogen and oxygen atoms in total. The Morgan fingerprint density at radius 1 is 0.897 bits per heavy atom. The van der Waals surface area contributed by atoms with Crippen LogP contribution in [-0.2, 0) is 12.8 Å². The first kappa shape index (κ1) is 18.8. The summed E-state index contributed by atoms with van der Waals surface area (Å²) in [4.78, 5) is 12.4. The Morgan fingerprint density at radius 3 is 2.41 bits per heavy atom. The van der Waals surface area contributed by atoms with Gasteiger partial charge in [0.1, 0.15) is 12.1 Å². The van der Waals surface area contributed by atoms with Crippen molar-refractivity contribution in [3.8, 4) is 22.9 Å². The summed E-state index contributed by atoms with van der Waals surface area (Å²) >= 11 is 0. The molecule has 4 rings (SSSR count). The molecule has 0 radical (unpaired) electrons. The number of benzene rings is 2. The second kappa shape index (κ2) is 7.48. The van der Waals surface area contributed by atoms with E-state index < -0.39 is 11.7 Å². The first-order valence-corrected chi connectivity index (χ1v) is 8.59. The number of pyridine rings is 1. The van der Waals surface area contributed by atoms with Gasteiger partial charge < -0.3 is 9.84 Å². The summed E-state index contributed by atoms with van der Waals surface area (Å²) in [6, 6.07) is 13.4. The molecule has 0 atom stereocenters. The van der Waals surface area contributed by atoms with Crippen LogP contribution >= 0.6 is 0 Å². The van der Waals surface area contributed by atoms with E-state index >= 15 is 0 Å². The number of hydrogen-bond acceptors (Lipinski definition) is 5. The van der Waals surface area contributed by atoms with Crippen molar-refractivity contribution in [2.24, 2.45) is 0 Å². The zero-order valence-corrected chi connectivity index (χ0v) is 14.9. The molecule has 2 aromatic carbocycles. The fourth-order valence-electron chi connectivity index (χ4n) is 2.80. The quantitative estimate of drug-likeness (QED) is 0.525. The van der Waals surface area contributed by atoms with Gasteiger partial charge in [0.25, 0.3) is 0 Å². The molecule has 0 aliphatic rings. The Morgan fingerprint density at radius 2 is 1.69 bits per heavy atom. The molecule has 0 saturated carbocycles. The molecule has 0 bridgehead atoms. The highest BCUT2D eigenvalue weighted by atomic mass is 19.4. The van der Waals surface area contributed by atoms with Gasteiger partial charge in [0.15, 0.2) is 0 Å². The Labute approximate surface area is 163 Å². The number of aliphatic hydroxyl groups excluding tert-OH is 1. The monoisotopic (exact) mass is 397 g/mol. The first-order chi connectivity index (χ1) is 13.9. The van der Waals surface area contributed by atoms with Gasteiger partial charge in [0.2, 0.25) is 5.88 Å². The molecule has 8 heteroatoms. The molecule has 0 aliphatic carbocycles. The van der Waals surface area contributed by atoms with Crippen molar-refractivity contribution in [1.29, 1.82) is 0 Å². The minimum atomic E-state index is -4.39. The highest BCUT2D eigenvalue weighted by Crippen LogP contribution is 2.31. The molecule has 29 heavy (non-hydrogen) atoms. The number of aromatic nitrogens is 3. The largest absolute Gasteiger partial charge is 0.439 e. The third kappa shape index (κ3) is 4.17. The standard InChI is InChI=1S/C21H14F3N3O2/c22-21(23,24)16-4-1-14(2-5-16)19-9-20(27-12-26-19)29-17-6-3-15-7-13(11-28)10-25-18(15)8-17/h1-10,12,28H,11H2. The van der Waals surface area contributed by atoms with E-state index in [2.05, 4.69) is 15.0 Å². The first-order valence-electron chi connectivity index (χ1n) is 8.59. The maximum absolute atomic E-state index is 12.7. The Hall–Kier alpha value is -3.52. The van der Waals surface area contributed by atoms with E-state index in [1.807, 2.05) is 12.1 Å². The maximum Gasteiger partial charge on any atom is 0.416 e. The molecule has 4 aromatic rings. The zero-order valence-electron chi connectivity index (χ0n) is 14.9. The van der Waals surface area contributed by atoms with E-state index in [0.29, 0.717) is 28.1 Å². The summed E-state index contributed by atoms with van der Waals surface area (Å²) < 4.78 is 43.9. The van der Waals surface area contributed by atoms with E-state index in [-0.39, 0.29) is 12.5 Å². The lowest BCUT2D eigenvalue weighted by Gasteiger charge is -2.09. The van der Waals surface area contributed by atoms with Crippen molar-refractivity contribution in [3.63, 3.8) is 0 Å². The van der Waals surface area contributed by atoms with Crippen LogP contribution in [0.2, 0.25) is 0 Å². The normalized spacial score (nSPS) is 11.6. The Balaban J connectivity index is 1.58. The fourth-order valence-corrected chi connectivity index (χ4v) is 2.80. The van der Waals surface area contributed by atoms with Gasteiger partial charge in [0.05, 0.1) is 23.4 Å². The smallest absolute Gasteiger partial charge is 0.416 e. The van der Waals surface area contributed by atoms with Crippen LogP contribution in [0.15, 0.2) is 67.1 Å². The average molecular weight is 397 g/mol. The molecule has 2 aromatic heterocycles. The van der Waals surface area contributed by atoms with Gasteiger partial charge in [0, 0.05) is 29.3 Å². The Kier molecular flexibility index (Phi) is 4.85. The van der Waals surface area contributed by atoms with Crippen LogP contribution in [0.1, 0.15) is 11.1 Å². The predicted octanol–water partition coefficient (Wildman–Crippen LogP) is 5.00. The van der Waals surface area contributed by atoms with Crippen LogP contribution < -0.4 is 4.74 Å². The second-order valence-electron chi connectivity index (χ2n) is 6.27. The minimum Gasteiger partial charge on any atom is -0.439 e. The van der Waals surface area contributed by atoms with Crippen molar-refractivity contribution in [2.75, 3.05) is 0 Å². The van der Waals surface area contributed by atoms with E-state index in [4.69, 9.17) is 4.74 Å². The third-order valence-electron chi connectivity index (χ3n) is 4.27. The highest BCUT2D eigenvalue weighted by Gasteiger charge is 2.30. The lowest BCUT2D eigenvalue weighted by atomic mass is 10.1. The van der Waals surface area contributed by atoms with Gasteiger partial charge in [-0.1, -0.05) is 12.1 Å². The molecule has 0 aliphatic heterocycles. The number of aliphatic hydroxyl groups is 1. The van der Waals surface area contributed by atoms with E-state index in [9.17, 15) is 18.3 Å². The van der Waals surface area contributed by atoms with Gasteiger partial charge >= 0.3 is 6.18 Å². The van der Waals surface area contributed by atoms with Crippen LogP contribution in [0.4, 0.5) is 13.2 Å². The summed E-state index contributed by atoms with van der Waals surface area (Å²) in [5, 5.41) is 10.0. The maximum atomic E-state index is 12.7. The number of nitrogens with zero attached hydrogens (tertiary/aromatic N) is 3. The minimum absolute atomic E-state index is 0.0884. The molecule has 0 saturated heterocycles. The van der Waals surface area contributed by atoms with Crippen molar-refractivity contribution in [1.82, 2.24) is 15.0 Å². The van der Waals surface area contributed by atoms with Crippen LogP contribution in [0.3, 0.4) is 0 Å². The zero-order chi connectivity index (χ0) is 20.4. The predicted molar refractivity (Wildman–Crippen MR) is 100 cm³/mol. The highest BCUT2D eigenvalue weighted by molar-refractivity contribution is 5.80. The molecule has 0 unspecified atom stereocenters. The number of alkyl halides is 3. The van der Waals surface area contributed by atoms with E-state index in [1.54, 1.807) is 24.4 Å². The van der Waals surface area contributed by atoms with Crippen molar-refractivity contribution in [2.45, 2.75) is 12.8 Å². The summed E-state index contributed by atoms with van der Waals surface area (Å²) in [6.07, 6.45) is -1.52. The van der Waals surface area contributed by atoms with Crippen molar-refractivity contribution < 1.29 is 23.0 Å². The second-order valence-corrected chi connectivity index (χ2v) is 6.27. The number of fused-ring (bicyclic) bond motifs is 1. The van der Waals surface area contributed by atoms with Gasteiger partial charge in [-0.25, -0.2) is 9.97 Å². The lowest BCUT2D eigenvalue weighted by molar-refractivity contribution is -0.137. The third-order valence-corrected chi connectivity index (χ3v) is 4.27. The van der Waals surface area contributed by atoms with Crippen LogP contribution in [0.5, 0.6) is 11.6 Å². The van der Waals surface area contributed by atoms with Crippen molar-refractivity contribution >= 4 is 10.9 Å². The summed E-state index contributed by atoms with van der Waals surface area (Å²) in [7, 11) is 0. The molecule has 1 N–H and O–H groups in total. The number of rotatable bonds is 4. The SMILES string of the molecule is OCc1cnc2cc(Oc3cc(-c4ccc(C(F)(F)F)cc4)ncn3)ccc2c1. The fraction of sp³-hybridized carbons (Fsp3) is 0.0952. The average Bonchev–Trinajstić information content (AvgIpc) is 2.73. The van der Waals surface area contributed by atoms with E-state index in [0.717, 1.165) is 17.5 Å². The van der Waals surface area contributed by atoms with Gasteiger partial charge in [-0.3, -0.25) is 4.98 Å². The molecular formula is C21H14F3N3O2. The number of ether oxygens (including phenoxy) is 1. The van der Waals surface area contributed by atoms with Gasteiger partial charge in [-0.2, -0.15) is 13.2 Å². The number of halogens is 3. The summed E-state index contributed by atoms with van der Waals surface area (Å²) in [6.45, 7) is -0.0884. The molecule has 0 amide bonds. The van der Waals surface area contributed by atoms with Gasteiger partial charge in [-0.05, 0) is 35.9 Å². The number of hydrogen-bond donors (Lipinski definition) is 1. The van der Waals surface area contributed by atoms with Crippen LogP contribution in [0.25, 0.3) is 22.2 Å². The molecule has 0 spiro atoms.